The van der Waals surface area contributed by atoms with Gasteiger partial charge in [-0.3, -0.25) is 10.1 Å². The first-order chi connectivity index (χ1) is 6.75. The maximum Gasteiger partial charge on any atom is 0.317 e. The van der Waals surface area contributed by atoms with Crippen molar-refractivity contribution in [2.75, 3.05) is 13.2 Å². The Morgan fingerprint density at radius 1 is 1.50 bits per heavy atom. The van der Waals surface area contributed by atoms with Crippen molar-refractivity contribution in [2.45, 2.75) is 6.10 Å². The van der Waals surface area contributed by atoms with E-state index in [1.807, 2.05) is 0 Å². The molecule has 0 spiro atoms. The zero-order valence-electron chi connectivity index (χ0n) is 7.12. The fraction of sp³-hybridized carbons (Fsp3) is 0.429. The summed E-state index contributed by atoms with van der Waals surface area (Å²) in [5.41, 5.74) is -0.151. The maximum absolute atomic E-state index is 10.3. The van der Waals surface area contributed by atoms with Gasteiger partial charge in [0, 0.05) is 0 Å². The number of hydrogen-bond donors (Lipinski definition) is 0. The van der Waals surface area contributed by atoms with Crippen molar-refractivity contribution >= 4 is 5.69 Å². The Hall–Kier alpha value is -1.76. The van der Waals surface area contributed by atoms with Gasteiger partial charge in [-0.15, -0.1) is 0 Å². The lowest BCUT2D eigenvalue weighted by atomic mass is 10.3. The fourth-order valence-electron chi connectivity index (χ4n) is 0.896. The maximum atomic E-state index is 10.3. The molecular weight excluding hydrogens is 190 g/mol. The zero-order chi connectivity index (χ0) is 9.97. The largest absolute Gasteiger partial charge is 0.455 e. The lowest BCUT2D eigenvalue weighted by Crippen LogP contribution is -2.38. The summed E-state index contributed by atoms with van der Waals surface area (Å²) in [5, 5.41) is 10.3. The van der Waals surface area contributed by atoms with E-state index >= 15 is 0 Å². The van der Waals surface area contributed by atoms with Gasteiger partial charge in [-0.05, 0) is 0 Å². The van der Waals surface area contributed by atoms with Crippen molar-refractivity contribution in [3.05, 3.63) is 22.5 Å². The number of hydrogen-bond acceptors (Lipinski definition) is 6. The molecule has 0 aliphatic carbocycles. The molecule has 74 valence electrons. The second kappa shape index (κ2) is 3.54. The van der Waals surface area contributed by atoms with Crippen LogP contribution in [0.25, 0.3) is 0 Å². The van der Waals surface area contributed by atoms with E-state index in [-0.39, 0.29) is 17.8 Å². The highest BCUT2D eigenvalue weighted by Crippen LogP contribution is 2.13. The van der Waals surface area contributed by atoms with Gasteiger partial charge in [0.05, 0.1) is 18.1 Å². The number of nitro groups is 1. The molecule has 0 radical (unpaired) electrons. The van der Waals surface area contributed by atoms with E-state index < -0.39 is 4.92 Å². The van der Waals surface area contributed by atoms with Crippen LogP contribution in [-0.2, 0) is 4.74 Å². The standard InChI is InChI=1S/C7H7N3O4/c11-10(12)5-1-8-7(9-2-5)14-6-3-13-4-6/h1-2,6H,3-4H2. The van der Waals surface area contributed by atoms with Crippen LogP contribution in [0, 0.1) is 10.1 Å². The minimum Gasteiger partial charge on any atom is -0.455 e. The Kier molecular flexibility index (Phi) is 2.23. The van der Waals surface area contributed by atoms with Crippen LogP contribution in [-0.4, -0.2) is 34.2 Å². The van der Waals surface area contributed by atoms with Crippen LogP contribution in [0.3, 0.4) is 0 Å². The minimum atomic E-state index is -0.559. The summed E-state index contributed by atoms with van der Waals surface area (Å²) in [6.07, 6.45) is 2.19. The third-order valence-corrected chi connectivity index (χ3v) is 1.70. The topological polar surface area (TPSA) is 87.4 Å². The molecule has 0 bridgehead atoms. The van der Waals surface area contributed by atoms with E-state index in [9.17, 15) is 10.1 Å². The van der Waals surface area contributed by atoms with Crippen LogP contribution < -0.4 is 4.74 Å². The fourth-order valence-corrected chi connectivity index (χ4v) is 0.896. The van der Waals surface area contributed by atoms with Crippen molar-refractivity contribution in [1.29, 1.82) is 0 Å². The van der Waals surface area contributed by atoms with E-state index in [0.717, 1.165) is 12.4 Å². The van der Waals surface area contributed by atoms with Gasteiger partial charge in [0.2, 0.25) is 0 Å². The van der Waals surface area contributed by atoms with Crippen molar-refractivity contribution in [1.82, 2.24) is 9.97 Å². The van der Waals surface area contributed by atoms with Crippen molar-refractivity contribution in [2.24, 2.45) is 0 Å². The number of ether oxygens (including phenoxy) is 2. The average molecular weight is 197 g/mol. The van der Waals surface area contributed by atoms with Gasteiger partial charge in [0.1, 0.15) is 18.5 Å². The molecule has 0 amide bonds. The third kappa shape index (κ3) is 1.77. The Labute approximate surface area is 78.8 Å². The molecule has 1 fully saturated rings. The van der Waals surface area contributed by atoms with Gasteiger partial charge in [-0.2, -0.15) is 9.97 Å². The predicted octanol–water partition coefficient (Wildman–Crippen LogP) is 0.162. The quantitative estimate of drug-likeness (QED) is 0.506. The summed E-state index contributed by atoms with van der Waals surface area (Å²) in [7, 11) is 0. The molecule has 0 N–H and O–H groups in total. The molecule has 14 heavy (non-hydrogen) atoms. The molecule has 0 unspecified atom stereocenters. The number of nitrogens with zero attached hydrogens (tertiary/aromatic N) is 3. The second-order valence-electron chi connectivity index (χ2n) is 2.76. The molecule has 1 aliphatic heterocycles. The summed E-state index contributed by atoms with van der Waals surface area (Å²) in [5.74, 6) is 0. The van der Waals surface area contributed by atoms with Crippen LogP contribution in [0.15, 0.2) is 12.4 Å². The average Bonchev–Trinajstić information content (AvgIpc) is 2.12. The first kappa shape index (κ1) is 8.82. The van der Waals surface area contributed by atoms with E-state index in [1.165, 1.54) is 0 Å². The molecule has 0 saturated carbocycles. The normalized spacial score (nSPS) is 16.0. The zero-order valence-corrected chi connectivity index (χ0v) is 7.12. The lowest BCUT2D eigenvalue weighted by Gasteiger charge is -2.25. The van der Waals surface area contributed by atoms with Crippen molar-refractivity contribution in [3.8, 4) is 6.01 Å². The smallest absolute Gasteiger partial charge is 0.317 e. The molecule has 0 aromatic carbocycles. The molecule has 1 aliphatic rings. The van der Waals surface area contributed by atoms with Gasteiger partial charge in [-0.1, -0.05) is 0 Å². The molecule has 1 aromatic rings. The molecule has 0 atom stereocenters. The Bertz CT molecular complexity index is 335. The van der Waals surface area contributed by atoms with Crippen LogP contribution in [0.1, 0.15) is 0 Å². The summed E-state index contributed by atoms with van der Waals surface area (Å²) >= 11 is 0. The van der Waals surface area contributed by atoms with Crippen LogP contribution in [0.4, 0.5) is 5.69 Å². The Balaban J connectivity index is 2.01. The summed E-state index contributed by atoms with van der Waals surface area (Å²) in [6.45, 7) is 1.03. The predicted molar refractivity (Wildman–Crippen MR) is 43.9 cm³/mol. The van der Waals surface area contributed by atoms with E-state index in [4.69, 9.17) is 9.47 Å². The van der Waals surface area contributed by atoms with Gasteiger partial charge >= 0.3 is 11.7 Å². The lowest BCUT2D eigenvalue weighted by molar-refractivity contribution is -0.385. The first-order valence-electron chi connectivity index (χ1n) is 3.96. The van der Waals surface area contributed by atoms with Crippen LogP contribution >= 0.6 is 0 Å². The summed E-state index contributed by atoms with van der Waals surface area (Å²) in [6, 6.07) is 0.143. The van der Waals surface area contributed by atoms with Gasteiger partial charge in [0.15, 0.2) is 0 Å². The molecule has 7 nitrogen and oxygen atoms in total. The highest BCUT2D eigenvalue weighted by Gasteiger charge is 2.21. The second-order valence-corrected chi connectivity index (χ2v) is 2.76. The van der Waals surface area contributed by atoms with Gasteiger partial charge < -0.3 is 9.47 Å². The first-order valence-corrected chi connectivity index (χ1v) is 3.96. The van der Waals surface area contributed by atoms with E-state index in [2.05, 4.69) is 9.97 Å². The molecule has 1 saturated heterocycles. The summed E-state index contributed by atoms with van der Waals surface area (Å²) < 4.78 is 10.1. The SMILES string of the molecule is O=[N+]([O-])c1cnc(OC2COC2)nc1. The van der Waals surface area contributed by atoms with Gasteiger partial charge in [0.25, 0.3) is 0 Å². The summed E-state index contributed by atoms with van der Waals surface area (Å²) in [4.78, 5) is 17.1. The van der Waals surface area contributed by atoms with Crippen LogP contribution in [0.5, 0.6) is 6.01 Å². The van der Waals surface area contributed by atoms with Crippen molar-refractivity contribution < 1.29 is 14.4 Å². The highest BCUT2D eigenvalue weighted by atomic mass is 16.6. The van der Waals surface area contributed by atoms with E-state index in [1.54, 1.807) is 0 Å². The Morgan fingerprint density at radius 3 is 2.57 bits per heavy atom. The Morgan fingerprint density at radius 2 is 2.14 bits per heavy atom. The molecular formula is C7H7N3O4. The monoisotopic (exact) mass is 197 g/mol. The number of aromatic nitrogens is 2. The molecule has 2 heterocycles. The van der Waals surface area contributed by atoms with Crippen LogP contribution in [0.2, 0.25) is 0 Å². The minimum absolute atomic E-state index is 0.0311. The number of rotatable bonds is 3. The highest BCUT2D eigenvalue weighted by molar-refractivity contribution is 5.21. The molecule has 7 heteroatoms. The van der Waals surface area contributed by atoms with Crippen molar-refractivity contribution in [3.63, 3.8) is 0 Å². The molecule has 1 aromatic heterocycles. The third-order valence-electron chi connectivity index (χ3n) is 1.70. The van der Waals surface area contributed by atoms with E-state index in [0.29, 0.717) is 13.2 Å². The van der Waals surface area contributed by atoms with Gasteiger partial charge in [-0.25, -0.2) is 0 Å². The molecule has 2 rings (SSSR count).